The van der Waals surface area contributed by atoms with E-state index < -0.39 is 0 Å². The fourth-order valence-corrected chi connectivity index (χ4v) is 1.17. The Hall–Kier alpha value is -1.09. The Morgan fingerprint density at radius 3 is 2.15 bits per heavy atom. The molecule has 68 valence electrons. The Bertz CT molecular complexity index is 327. The smallest absolute Gasteiger partial charge is 0.337 e. The lowest BCUT2D eigenvalue weighted by Crippen LogP contribution is -2.00. The van der Waals surface area contributed by atoms with Crippen molar-refractivity contribution in [2.45, 2.75) is 0 Å². The van der Waals surface area contributed by atoms with E-state index in [0.29, 0.717) is 5.56 Å². The summed E-state index contributed by atoms with van der Waals surface area (Å²) in [7, 11) is 1.36. The Kier molecular flexibility index (Phi) is 3.25. The van der Waals surface area contributed by atoms with Crippen molar-refractivity contribution in [2.75, 3.05) is 7.11 Å². The molecule has 0 atom stereocenters. The predicted molar refractivity (Wildman–Crippen MR) is 55.7 cm³/mol. The van der Waals surface area contributed by atoms with Gasteiger partial charge in [0.25, 0.3) is 0 Å². The molecule has 1 aromatic rings. The molecule has 1 rings (SSSR count). The first-order valence-electron chi connectivity index (χ1n) is 3.68. The molecule has 0 amide bonds. The average Bonchev–Trinajstić information content (AvgIpc) is 2.17. The van der Waals surface area contributed by atoms with Crippen molar-refractivity contribution in [3.63, 3.8) is 0 Å². The van der Waals surface area contributed by atoms with Crippen LogP contribution in [0.4, 0.5) is 0 Å². The highest BCUT2D eigenvalue weighted by Gasteiger charge is 2.04. The van der Waals surface area contributed by atoms with Gasteiger partial charge in [-0.15, -0.1) is 0 Å². The minimum Gasteiger partial charge on any atom is -0.465 e. The molecule has 0 spiro atoms. The van der Waals surface area contributed by atoms with Crippen molar-refractivity contribution in [3.8, 4) is 0 Å². The molecule has 0 aliphatic rings. The molecule has 1 aromatic carbocycles. The van der Waals surface area contributed by atoms with Gasteiger partial charge in [0.05, 0.1) is 12.7 Å². The number of benzene rings is 1. The van der Waals surface area contributed by atoms with E-state index in [2.05, 4.69) is 27.2 Å². The first kappa shape index (κ1) is 9.99. The summed E-state index contributed by atoms with van der Waals surface area (Å²) >= 11 is 3.25. The van der Waals surface area contributed by atoms with E-state index in [0.717, 1.165) is 10.0 Å². The van der Waals surface area contributed by atoms with E-state index in [9.17, 15) is 4.79 Å². The van der Waals surface area contributed by atoms with Crippen LogP contribution in [0.2, 0.25) is 0 Å². The van der Waals surface area contributed by atoms with Gasteiger partial charge in [0.1, 0.15) is 0 Å². The molecular weight excluding hydrogens is 232 g/mol. The zero-order chi connectivity index (χ0) is 9.84. The zero-order valence-corrected chi connectivity index (χ0v) is 8.80. The average molecular weight is 241 g/mol. The fraction of sp³-hybridized carbons (Fsp3) is 0.100. The van der Waals surface area contributed by atoms with Crippen LogP contribution < -0.4 is 0 Å². The van der Waals surface area contributed by atoms with E-state index in [1.807, 2.05) is 12.1 Å². The van der Waals surface area contributed by atoms with Crippen molar-refractivity contribution in [1.82, 2.24) is 0 Å². The van der Waals surface area contributed by atoms with Gasteiger partial charge in [-0.05, 0) is 17.7 Å². The number of rotatable bonds is 2. The molecule has 0 aliphatic carbocycles. The van der Waals surface area contributed by atoms with Gasteiger partial charge in [-0.25, -0.2) is 4.79 Å². The van der Waals surface area contributed by atoms with Gasteiger partial charge in [0, 0.05) is 4.48 Å². The molecule has 0 bridgehead atoms. The Labute approximate surface area is 85.3 Å². The minimum absolute atomic E-state index is 0.327. The number of methoxy groups -OCH3 is 1. The summed E-state index contributed by atoms with van der Waals surface area (Å²) in [6, 6.07) is 7.02. The molecular formula is C10H9BrO2. The van der Waals surface area contributed by atoms with Gasteiger partial charge in [-0.3, -0.25) is 0 Å². The van der Waals surface area contributed by atoms with Crippen molar-refractivity contribution in [1.29, 1.82) is 0 Å². The minimum atomic E-state index is -0.327. The molecule has 0 saturated carbocycles. The second kappa shape index (κ2) is 4.23. The molecule has 0 saturated heterocycles. The molecule has 0 N–H and O–H groups in total. The lowest BCUT2D eigenvalue weighted by atomic mass is 10.1. The zero-order valence-electron chi connectivity index (χ0n) is 7.21. The molecule has 0 aliphatic heterocycles. The number of hydrogen-bond acceptors (Lipinski definition) is 2. The van der Waals surface area contributed by atoms with Crippen LogP contribution in [-0.2, 0) is 4.74 Å². The summed E-state index contributed by atoms with van der Waals surface area (Å²) in [4.78, 5) is 11.0. The third-order valence-electron chi connectivity index (χ3n) is 1.62. The molecule has 0 unspecified atom stereocenters. The molecule has 0 aromatic heterocycles. The van der Waals surface area contributed by atoms with Crippen molar-refractivity contribution >= 4 is 26.4 Å². The van der Waals surface area contributed by atoms with Gasteiger partial charge >= 0.3 is 5.97 Å². The van der Waals surface area contributed by atoms with Gasteiger partial charge in [-0.2, -0.15) is 0 Å². The number of ether oxygens (including phenoxy) is 1. The Balaban J connectivity index is 2.93. The van der Waals surface area contributed by atoms with Gasteiger partial charge in [-0.1, -0.05) is 34.6 Å². The van der Waals surface area contributed by atoms with Crippen LogP contribution in [0.1, 0.15) is 15.9 Å². The SMILES string of the molecule is C=C(Br)c1ccc(C(=O)OC)cc1. The van der Waals surface area contributed by atoms with E-state index >= 15 is 0 Å². The van der Waals surface area contributed by atoms with E-state index in [4.69, 9.17) is 0 Å². The number of halogens is 1. The van der Waals surface area contributed by atoms with Crippen LogP contribution in [0, 0.1) is 0 Å². The Morgan fingerprint density at radius 2 is 1.77 bits per heavy atom. The lowest BCUT2D eigenvalue weighted by molar-refractivity contribution is 0.0601. The van der Waals surface area contributed by atoms with E-state index in [1.165, 1.54) is 7.11 Å². The fourth-order valence-electron chi connectivity index (χ4n) is 0.905. The van der Waals surface area contributed by atoms with Crippen LogP contribution in [0.15, 0.2) is 30.8 Å². The monoisotopic (exact) mass is 240 g/mol. The van der Waals surface area contributed by atoms with Crippen LogP contribution in [0.3, 0.4) is 0 Å². The summed E-state index contributed by atoms with van der Waals surface area (Å²) < 4.78 is 5.36. The third-order valence-corrected chi connectivity index (χ3v) is 2.08. The second-order valence-electron chi connectivity index (χ2n) is 2.47. The quantitative estimate of drug-likeness (QED) is 0.744. The summed E-state index contributed by atoms with van der Waals surface area (Å²) in [5.41, 5.74) is 1.49. The molecule has 0 heterocycles. The van der Waals surface area contributed by atoms with Gasteiger partial charge in [0.2, 0.25) is 0 Å². The number of carbonyl (C=O) groups is 1. The van der Waals surface area contributed by atoms with Crippen molar-refractivity contribution in [3.05, 3.63) is 42.0 Å². The molecule has 2 nitrogen and oxygen atoms in total. The Morgan fingerprint density at radius 1 is 1.31 bits per heavy atom. The molecule has 3 heteroatoms. The summed E-state index contributed by atoms with van der Waals surface area (Å²) in [5, 5.41) is 0. The summed E-state index contributed by atoms with van der Waals surface area (Å²) in [6.07, 6.45) is 0. The third kappa shape index (κ3) is 2.42. The normalized spacial score (nSPS) is 9.38. The number of hydrogen-bond donors (Lipinski definition) is 0. The predicted octanol–water partition coefficient (Wildman–Crippen LogP) is 2.84. The first-order valence-corrected chi connectivity index (χ1v) is 4.47. The number of esters is 1. The highest BCUT2D eigenvalue weighted by molar-refractivity contribution is 9.15. The maximum Gasteiger partial charge on any atom is 0.337 e. The molecule has 13 heavy (non-hydrogen) atoms. The van der Waals surface area contributed by atoms with E-state index in [1.54, 1.807) is 12.1 Å². The van der Waals surface area contributed by atoms with Crippen LogP contribution in [0.5, 0.6) is 0 Å². The van der Waals surface area contributed by atoms with Gasteiger partial charge in [0.15, 0.2) is 0 Å². The summed E-state index contributed by atoms with van der Waals surface area (Å²) in [5.74, 6) is -0.327. The van der Waals surface area contributed by atoms with Crippen molar-refractivity contribution < 1.29 is 9.53 Å². The first-order chi connectivity index (χ1) is 6.15. The van der Waals surface area contributed by atoms with Crippen LogP contribution in [-0.4, -0.2) is 13.1 Å². The lowest BCUT2D eigenvalue weighted by Gasteiger charge is -2.00. The second-order valence-corrected chi connectivity index (χ2v) is 3.43. The number of carbonyl (C=O) groups excluding carboxylic acids is 1. The standard InChI is InChI=1S/C10H9BrO2/c1-7(11)8-3-5-9(6-4-8)10(12)13-2/h3-6H,1H2,2H3. The highest BCUT2D eigenvalue weighted by atomic mass is 79.9. The van der Waals surface area contributed by atoms with E-state index in [-0.39, 0.29) is 5.97 Å². The topological polar surface area (TPSA) is 26.3 Å². The molecule has 0 radical (unpaired) electrons. The van der Waals surface area contributed by atoms with Gasteiger partial charge < -0.3 is 4.74 Å². The summed E-state index contributed by atoms with van der Waals surface area (Å²) in [6.45, 7) is 3.72. The highest BCUT2D eigenvalue weighted by Crippen LogP contribution is 2.18. The maximum atomic E-state index is 11.0. The van der Waals surface area contributed by atoms with Crippen molar-refractivity contribution in [2.24, 2.45) is 0 Å². The van der Waals surface area contributed by atoms with Crippen LogP contribution in [0.25, 0.3) is 4.48 Å². The van der Waals surface area contributed by atoms with Crippen LogP contribution >= 0.6 is 15.9 Å². The maximum absolute atomic E-state index is 11.0. The largest absolute Gasteiger partial charge is 0.465 e. The molecule has 0 fully saturated rings.